The number of hydrogen-bond donors (Lipinski definition) is 2. The first-order valence-electron chi connectivity index (χ1n) is 4.95. The second-order valence-electron chi connectivity index (χ2n) is 3.19. The van der Waals surface area contributed by atoms with Crippen molar-refractivity contribution in [1.29, 1.82) is 5.26 Å². The van der Waals surface area contributed by atoms with Crippen LogP contribution in [0.5, 0.6) is 0 Å². The number of benzene rings is 1. The minimum atomic E-state index is -1.09. The van der Waals surface area contributed by atoms with Gasteiger partial charge in [-0.1, -0.05) is 13.0 Å². The number of nitrogens with zero attached hydrogens (tertiary/aromatic N) is 2. The number of nitriles is 1. The highest BCUT2D eigenvalue weighted by atomic mass is 16.4. The molecule has 1 rings (SSSR count). The lowest BCUT2D eigenvalue weighted by atomic mass is 10.2. The normalized spacial score (nSPS) is 9.50. The molecule has 0 heterocycles. The molecule has 1 amide bonds. The van der Waals surface area contributed by atoms with Gasteiger partial charge in [0.1, 0.15) is 0 Å². The number of hydrazine groups is 1. The Kier molecular flexibility index (Phi) is 4.30. The average Bonchev–Trinajstić information content (AvgIpc) is 2.29. The summed E-state index contributed by atoms with van der Waals surface area (Å²) in [6.07, 6.45) is -0.273. The van der Waals surface area contributed by atoms with Gasteiger partial charge in [-0.15, -0.1) is 0 Å². The van der Waals surface area contributed by atoms with Crippen molar-refractivity contribution in [2.45, 2.75) is 13.3 Å². The predicted molar refractivity (Wildman–Crippen MR) is 60.0 cm³/mol. The molecular formula is C11H13N3O2. The van der Waals surface area contributed by atoms with E-state index in [4.69, 9.17) is 10.4 Å². The van der Waals surface area contributed by atoms with E-state index in [1.54, 1.807) is 18.2 Å². The predicted octanol–water partition coefficient (Wildman–Crippen LogP) is 1.96. The largest absolute Gasteiger partial charge is 0.464 e. The monoisotopic (exact) mass is 219 g/mol. The fourth-order valence-corrected chi connectivity index (χ4v) is 1.21. The van der Waals surface area contributed by atoms with Crippen molar-refractivity contribution in [3.63, 3.8) is 0 Å². The summed E-state index contributed by atoms with van der Waals surface area (Å²) in [6, 6.07) is 8.41. The van der Waals surface area contributed by atoms with Crippen molar-refractivity contribution in [1.82, 2.24) is 5.43 Å². The van der Waals surface area contributed by atoms with Crippen LogP contribution in [-0.2, 0) is 0 Å². The smallest absolute Gasteiger partial charge is 0.426 e. The standard InChI is InChI=1S/C11H13N3O2/c1-2-6-13-14(11(15)16)10-5-3-4-9(7-10)8-12/h3-5,7,13H,2,6H2,1H3,(H,15,16). The van der Waals surface area contributed by atoms with Crippen LogP contribution in [0.2, 0.25) is 0 Å². The van der Waals surface area contributed by atoms with E-state index in [0.29, 0.717) is 17.8 Å². The molecule has 0 aliphatic carbocycles. The summed E-state index contributed by atoms with van der Waals surface area (Å²) in [5.41, 5.74) is 3.64. The van der Waals surface area contributed by atoms with Crippen LogP contribution < -0.4 is 10.4 Å². The molecule has 5 heteroatoms. The van der Waals surface area contributed by atoms with Gasteiger partial charge in [0.25, 0.3) is 0 Å². The number of rotatable bonds is 4. The van der Waals surface area contributed by atoms with Crippen LogP contribution in [0.3, 0.4) is 0 Å². The van der Waals surface area contributed by atoms with Gasteiger partial charge in [-0.3, -0.25) is 0 Å². The van der Waals surface area contributed by atoms with Crippen molar-refractivity contribution in [3.05, 3.63) is 29.8 Å². The summed E-state index contributed by atoms with van der Waals surface area (Å²) in [4.78, 5) is 11.0. The van der Waals surface area contributed by atoms with E-state index in [2.05, 4.69) is 5.43 Å². The van der Waals surface area contributed by atoms with Gasteiger partial charge in [-0.25, -0.2) is 15.2 Å². The number of nitrogens with one attached hydrogen (secondary N) is 1. The van der Waals surface area contributed by atoms with Crippen molar-refractivity contribution in [2.75, 3.05) is 11.6 Å². The van der Waals surface area contributed by atoms with Gasteiger partial charge in [0.05, 0.1) is 17.3 Å². The van der Waals surface area contributed by atoms with Gasteiger partial charge >= 0.3 is 6.09 Å². The maximum absolute atomic E-state index is 11.0. The number of amides is 1. The summed E-state index contributed by atoms with van der Waals surface area (Å²) in [5, 5.41) is 18.7. The van der Waals surface area contributed by atoms with E-state index in [9.17, 15) is 4.79 Å². The molecular weight excluding hydrogens is 206 g/mol. The molecule has 84 valence electrons. The molecule has 0 saturated heterocycles. The van der Waals surface area contributed by atoms with Crippen LogP contribution in [0.15, 0.2) is 24.3 Å². The number of carbonyl (C=O) groups is 1. The van der Waals surface area contributed by atoms with Gasteiger partial charge in [-0.2, -0.15) is 5.26 Å². The second kappa shape index (κ2) is 5.73. The van der Waals surface area contributed by atoms with Crippen molar-refractivity contribution in [3.8, 4) is 6.07 Å². The van der Waals surface area contributed by atoms with Gasteiger partial charge in [0.2, 0.25) is 0 Å². The van der Waals surface area contributed by atoms with Crippen LogP contribution in [-0.4, -0.2) is 17.7 Å². The van der Waals surface area contributed by atoms with Gasteiger partial charge in [0, 0.05) is 6.54 Å². The fourth-order valence-electron chi connectivity index (χ4n) is 1.21. The topological polar surface area (TPSA) is 76.4 Å². The third-order valence-corrected chi connectivity index (χ3v) is 1.94. The highest BCUT2D eigenvalue weighted by Crippen LogP contribution is 2.14. The Morgan fingerprint density at radius 3 is 2.94 bits per heavy atom. The highest BCUT2D eigenvalue weighted by molar-refractivity contribution is 5.85. The Bertz CT molecular complexity index is 412. The van der Waals surface area contributed by atoms with Crippen LogP contribution in [0, 0.1) is 11.3 Å². The molecule has 0 fully saturated rings. The fraction of sp³-hybridized carbons (Fsp3) is 0.273. The minimum absolute atomic E-state index is 0.432. The average molecular weight is 219 g/mol. The molecule has 0 atom stereocenters. The Labute approximate surface area is 93.9 Å². The van der Waals surface area contributed by atoms with Crippen molar-refractivity contribution >= 4 is 11.8 Å². The zero-order chi connectivity index (χ0) is 12.0. The molecule has 0 unspecified atom stereocenters. The molecule has 0 aliphatic heterocycles. The lowest BCUT2D eigenvalue weighted by Gasteiger charge is -2.19. The number of carboxylic acid groups (broad SMARTS) is 1. The van der Waals surface area contributed by atoms with Gasteiger partial charge in [-0.05, 0) is 24.6 Å². The van der Waals surface area contributed by atoms with Crippen LogP contribution >= 0.6 is 0 Å². The quantitative estimate of drug-likeness (QED) is 0.759. The summed E-state index contributed by atoms with van der Waals surface area (Å²) in [7, 11) is 0. The van der Waals surface area contributed by atoms with Crippen molar-refractivity contribution < 1.29 is 9.90 Å². The SMILES string of the molecule is CCCNN(C(=O)O)c1cccc(C#N)c1. The number of hydrogen-bond acceptors (Lipinski definition) is 3. The van der Waals surface area contributed by atoms with Gasteiger partial charge in [0.15, 0.2) is 0 Å². The minimum Gasteiger partial charge on any atom is -0.464 e. The Balaban J connectivity index is 2.92. The molecule has 0 aromatic heterocycles. The zero-order valence-corrected chi connectivity index (χ0v) is 8.97. The molecule has 0 saturated carbocycles. The summed E-state index contributed by atoms with van der Waals surface area (Å²) < 4.78 is 0. The molecule has 16 heavy (non-hydrogen) atoms. The van der Waals surface area contributed by atoms with E-state index < -0.39 is 6.09 Å². The lowest BCUT2D eigenvalue weighted by molar-refractivity contribution is 0.198. The molecule has 0 radical (unpaired) electrons. The molecule has 2 N–H and O–H groups in total. The first-order valence-corrected chi connectivity index (χ1v) is 4.95. The Morgan fingerprint density at radius 2 is 2.38 bits per heavy atom. The third kappa shape index (κ3) is 2.97. The molecule has 1 aromatic carbocycles. The summed E-state index contributed by atoms with van der Waals surface area (Å²) >= 11 is 0. The third-order valence-electron chi connectivity index (χ3n) is 1.94. The Hall–Kier alpha value is -2.06. The molecule has 0 aliphatic rings. The lowest BCUT2D eigenvalue weighted by Crippen LogP contribution is -2.42. The number of anilines is 1. The van der Waals surface area contributed by atoms with Crippen LogP contribution in [0.25, 0.3) is 0 Å². The van der Waals surface area contributed by atoms with E-state index in [1.807, 2.05) is 13.0 Å². The molecule has 0 spiro atoms. The molecule has 1 aromatic rings. The maximum atomic E-state index is 11.0. The van der Waals surface area contributed by atoms with E-state index in [1.165, 1.54) is 6.07 Å². The van der Waals surface area contributed by atoms with E-state index in [-0.39, 0.29) is 0 Å². The molecule has 5 nitrogen and oxygen atoms in total. The highest BCUT2D eigenvalue weighted by Gasteiger charge is 2.13. The van der Waals surface area contributed by atoms with Crippen LogP contribution in [0.4, 0.5) is 10.5 Å². The maximum Gasteiger partial charge on any atom is 0.426 e. The molecule has 0 bridgehead atoms. The van der Waals surface area contributed by atoms with Crippen LogP contribution in [0.1, 0.15) is 18.9 Å². The summed E-state index contributed by atoms with van der Waals surface area (Å²) in [5.74, 6) is 0. The Morgan fingerprint density at radius 1 is 1.62 bits per heavy atom. The second-order valence-corrected chi connectivity index (χ2v) is 3.19. The first kappa shape index (κ1) is 12.0. The first-order chi connectivity index (χ1) is 7.69. The summed E-state index contributed by atoms with van der Waals surface area (Å²) in [6.45, 7) is 2.50. The zero-order valence-electron chi connectivity index (χ0n) is 8.97. The van der Waals surface area contributed by atoms with E-state index >= 15 is 0 Å². The van der Waals surface area contributed by atoms with Crippen molar-refractivity contribution in [2.24, 2.45) is 0 Å². The van der Waals surface area contributed by atoms with E-state index in [0.717, 1.165) is 11.4 Å². The van der Waals surface area contributed by atoms with Gasteiger partial charge < -0.3 is 5.11 Å².